The second-order valence-corrected chi connectivity index (χ2v) is 10.6. The van der Waals surface area contributed by atoms with Crippen LogP contribution < -0.4 is 5.32 Å². The molecule has 0 spiro atoms. The van der Waals surface area contributed by atoms with Crippen molar-refractivity contribution in [2.24, 2.45) is 11.3 Å². The Kier molecular flexibility index (Phi) is 5.80. The van der Waals surface area contributed by atoms with Crippen LogP contribution in [-0.2, 0) is 15.1 Å². The van der Waals surface area contributed by atoms with Crippen LogP contribution in [0, 0.1) is 11.3 Å². The van der Waals surface area contributed by atoms with Gasteiger partial charge in [0.15, 0.2) is 0 Å². The molecule has 29 heavy (non-hydrogen) atoms. The fourth-order valence-corrected chi connectivity index (χ4v) is 5.69. The Balaban J connectivity index is 1.44. The summed E-state index contributed by atoms with van der Waals surface area (Å²) >= 11 is 1.43. The zero-order chi connectivity index (χ0) is 20.5. The molecule has 1 saturated carbocycles. The highest BCUT2D eigenvalue weighted by atomic mass is 32.1. The number of hydrogen-bond acceptors (Lipinski definition) is 5. The van der Waals surface area contributed by atoms with Crippen LogP contribution in [0.1, 0.15) is 76.8 Å². The lowest BCUT2D eigenvalue weighted by molar-refractivity contribution is -0.119. The van der Waals surface area contributed by atoms with Crippen molar-refractivity contribution in [3.63, 3.8) is 0 Å². The normalized spacial score (nSPS) is 27.8. The number of anilines is 1. The summed E-state index contributed by atoms with van der Waals surface area (Å²) in [4.78, 5) is 13.0. The Morgan fingerprint density at radius 1 is 1.24 bits per heavy atom. The number of carbonyl (C=O) groups excluding carboxylic acids is 1. The van der Waals surface area contributed by atoms with Gasteiger partial charge < -0.3 is 14.6 Å². The maximum absolute atomic E-state index is 13.0. The molecule has 1 aliphatic heterocycles. The van der Waals surface area contributed by atoms with Crippen LogP contribution in [0.5, 0.6) is 0 Å². The van der Waals surface area contributed by atoms with E-state index >= 15 is 0 Å². The summed E-state index contributed by atoms with van der Waals surface area (Å²) in [6.07, 6.45) is 11.1. The van der Waals surface area contributed by atoms with E-state index < -0.39 is 0 Å². The first kappa shape index (κ1) is 20.5. The zero-order valence-corrected chi connectivity index (χ0v) is 18.5. The molecule has 1 saturated heterocycles. The molecule has 3 heterocycles. The Hall–Kier alpha value is -1.73. The van der Waals surface area contributed by atoms with Crippen LogP contribution in [0.2, 0.25) is 0 Å². The fraction of sp³-hybridized carbons (Fsp3) is 0.682. The van der Waals surface area contributed by atoms with E-state index in [1.807, 2.05) is 12.1 Å². The van der Waals surface area contributed by atoms with Gasteiger partial charge in [-0.15, -0.1) is 10.2 Å². The third kappa shape index (κ3) is 4.56. The van der Waals surface area contributed by atoms with Gasteiger partial charge in [0.2, 0.25) is 11.0 Å². The van der Waals surface area contributed by atoms with Crippen LogP contribution >= 0.6 is 11.3 Å². The first-order valence-corrected chi connectivity index (χ1v) is 11.6. The minimum atomic E-state index is -0.155. The second kappa shape index (κ2) is 8.19. The van der Waals surface area contributed by atoms with Gasteiger partial charge in [0.05, 0.1) is 12.0 Å². The van der Waals surface area contributed by atoms with E-state index in [1.165, 1.54) is 11.3 Å². The number of rotatable bonds is 5. The van der Waals surface area contributed by atoms with Crippen molar-refractivity contribution in [2.75, 3.05) is 11.9 Å². The number of ether oxygens (including phenoxy) is 1. The molecule has 1 unspecified atom stereocenters. The molecule has 7 heteroatoms. The number of carbonyl (C=O) groups is 1. The minimum Gasteiger partial charge on any atom is -0.371 e. The Morgan fingerprint density at radius 2 is 1.97 bits per heavy atom. The predicted molar refractivity (Wildman–Crippen MR) is 115 cm³/mol. The first-order valence-electron chi connectivity index (χ1n) is 10.7. The molecule has 158 valence electrons. The van der Waals surface area contributed by atoms with E-state index in [4.69, 9.17) is 4.74 Å². The van der Waals surface area contributed by atoms with E-state index in [0.29, 0.717) is 22.9 Å². The van der Waals surface area contributed by atoms with Crippen molar-refractivity contribution in [1.82, 2.24) is 14.8 Å². The van der Waals surface area contributed by atoms with E-state index in [2.05, 4.69) is 53.2 Å². The van der Waals surface area contributed by atoms with E-state index in [0.717, 1.165) is 50.1 Å². The van der Waals surface area contributed by atoms with E-state index in [9.17, 15) is 4.79 Å². The number of aromatic nitrogens is 3. The highest BCUT2D eigenvalue weighted by molar-refractivity contribution is 7.15. The van der Waals surface area contributed by atoms with Crippen molar-refractivity contribution in [2.45, 2.75) is 77.4 Å². The van der Waals surface area contributed by atoms with Crippen molar-refractivity contribution >= 4 is 22.4 Å². The largest absolute Gasteiger partial charge is 0.371 e. The molecule has 1 atom stereocenters. The SMILES string of the molecule is CC(C)(C)C1CCC(CC(=O)Nc2nnc(C3CCCO3)s2)(n2cccc2)CC1. The van der Waals surface area contributed by atoms with Crippen molar-refractivity contribution in [3.05, 3.63) is 29.5 Å². The average Bonchev–Trinajstić information content (AvgIpc) is 3.43. The van der Waals surface area contributed by atoms with Gasteiger partial charge in [0, 0.05) is 19.0 Å². The van der Waals surface area contributed by atoms with Gasteiger partial charge in [-0.25, -0.2) is 0 Å². The standard InChI is InChI=1S/C22H32N4O2S/c1-21(2,3)16-8-10-22(11-9-16,26-12-4-5-13-26)15-18(27)23-20-25-24-19(29-20)17-7-6-14-28-17/h4-5,12-13,16-17H,6-11,14-15H2,1-3H3,(H,23,25,27). The van der Waals surface area contributed by atoms with Gasteiger partial charge in [0.25, 0.3) is 0 Å². The quantitative estimate of drug-likeness (QED) is 0.732. The maximum atomic E-state index is 13.0. The van der Waals surface area contributed by atoms with Crippen LogP contribution in [0.4, 0.5) is 5.13 Å². The second-order valence-electron chi connectivity index (χ2n) is 9.63. The molecule has 0 radical (unpaired) electrons. The summed E-state index contributed by atoms with van der Waals surface area (Å²) < 4.78 is 7.93. The lowest BCUT2D eigenvalue weighted by atomic mass is 9.66. The van der Waals surface area contributed by atoms with Crippen molar-refractivity contribution in [1.29, 1.82) is 0 Å². The molecule has 1 aliphatic carbocycles. The summed E-state index contributed by atoms with van der Waals surface area (Å²) in [6.45, 7) is 7.76. The molecular formula is C22H32N4O2S. The lowest BCUT2D eigenvalue weighted by Gasteiger charge is -2.45. The number of hydrogen-bond donors (Lipinski definition) is 1. The molecule has 0 bridgehead atoms. The summed E-state index contributed by atoms with van der Waals surface area (Å²) in [5.74, 6) is 0.717. The zero-order valence-electron chi connectivity index (χ0n) is 17.7. The molecule has 4 rings (SSSR count). The van der Waals surface area contributed by atoms with Gasteiger partial charge in [-0.1, -0.05) is 32.1 Å². The minimum absolute atomic E-state index is 0.0166. The molecule has 2 aliphatic rings. The third-order valence-electron chi connectivity index (χ3n) is 6.67. The van der Waals surface area contributed by atoms with Crippen LogP contribution in [0.25, 0.3) is 0 Å². The lowest BCUT2D eigenvalue weighted by Crippen LogP contribution is -2.42. The Labute approximate surface area is 177 Å². The molecule has 1 N–H and O–H groups in total. The molecule has 6 nitrogen and oxygen atoms in total. The summed E-state index contributed by atoms with van der Waals surface area (Å²) in [6, 6.07) is 4.10. The predicted octanol–water partition coefficient (Wildman–Crippen LogP) is 5.15. The molecule has 2 fully saturated rings. The maximum Gasteiger partial charge on any atom is 0.228 e. The van der Waals surface area contributed by atoms with Gasteiger partial charge in [-0.05, 0) is 62.0 Å². The average molecular weight is 417 g/mol. The van der Waals surface area contributed by atoms with Crippen LogP contribution in [0.15, 0.2) is 24.5 Å². The van der Waals surface area contributed by atoms with Crippen molar-refractivity contribution in [3.8, 4) is 0 Å². The van der Waals surface area contributed by atoms with E-state index in [-0.39, 0.29) is 17.6 Å². The third-order valence-corrected chi connectivity index (χ3v) is 7.61. The van der Waals surface area contributed by atoms with Gasteiger partial charge in [0.1, 0.15) is 11.1 Å². The summed E-state index contributed by atoms with van der Waals surface area (Å²) in [7, 11) is 0. The molecule has 2 aromatic heterocycles. The van der Waals surface area contributed by atoms with Crippen LogP contribution in [0.3, 0.4) is 0 Å². The van der Waals surface area contributed by atoms with Crippen LogP contribution in [-0.4, -0.2) is 27.3 Å². The Morgan fingerprint density at radius 3 is 2.59 bits per heavy atom. The number of nitrogens with one attached hydrogen (secondary N) is 1. The number of nitrogens with zero attached hydrogens (tertiary/aromatic N) is 3. The molecule has 2 aromatic rings. The Bertz CT molecular complexity index is 810. The highest BCUT2D eigenvalue weighted by Gasteiger charge is 2.41. The highest BCUT2D eigenvalue weighted by Crippen LogP contribution is 2.46. The fourth-order valence-electron chi connectivity index (χ4n) is 4.85. The van der Waals surface area contributed by atoms with Gasteiger partial charge >= 0.3 is 0 Å². The monoisotopic (exact) mass is 416 g/mol. The summed E-state index contributed by atoms with van der Waals surface area (Å²) in [5.41, 5.74) is 0.161. The topological polar surface area (TPSA) is 69.0 Å². The van der Waals surface area contributed by atoms with E-state index in [1.54, 1.807) is 0 Å². The summed E-state index contributed by atoms with van der Waals surface area (Å²) in [5, 5.41) is 12.8. The molecule has 0 aromatic carbocycles. The molecule has 1 amide bonds. The van der Waals surface area contributed by atoms with Gasteiger partial charge in [-0.2, -0.15) is 0 Å². The smallest absolute Gasteiger partial charge is 0.228 e. The van der Waals surface area contributed by atoms with Gasteiger partial charge in [-0.3, -0.25) is 4.79 Å². The molecular weight excluding hydrogens is 384 g/mol. The number of amides is 1. The first-order chi connectivity index (χ1) is 13.9. The van der Waals surface area contributed by atoms with Crippen molar-refractivity contribution < 1.29 is 9.53 Å².